The summed E-state index contributed by atoms with van der Waals surface area (Å²) in [5.74, 6) is -0.721. The van der Waals surface area contributed by atoms with Crippen LogP contribution in [-0.4, -0.2) is 48.7 Å². The maximum atomic E-state index is 13.6. The van der Waals surface area contributed by atoms with Crippen LogP contribution in [0.3, 0.4) is 0 Å². The van der Waals surface area contributed by atoms with E-state index in [0.29, 0.717) is 18.7 Å². The summed E-state index contributed by atoms with van der Waals surface area (Å²) in [4.78, 5) is 13.9. The first kappa shape index (κ1) is 16.9. The molecule has 1 aromatic rings. The van der Waals surface area contributed by atoms with Crippen molar-refractivity contribution in [3.05, 3.63) is 35.1 Å². The molecule has 0 unspecified atom stereocenters. The van der Waals surface area contributed by atoms with Gasteiger partial charge in [-0.1, -0.05) is 11.2 Å². The molecule has 1 amide bonds. The first-order chi connectivity index (χ1) is 9.99. The Labute approximate surface area is 123 Å². The van der Waals surface area contributed by atoms with Gasteiger partial charge in [-0.05, 0) is 24.6 Å². The molecule has 0 saturated heterocycles. The second-order valence-corrected chi connectivity index (χ2v) is 4.59. The van der Waals surface area contributed by atoms with Crippen LogP contribution in [0, 0.1) is 12.7 Å². The monoisotopic (exact) mass is 297 g/mol. The average molecular weight is 297 g/mol. The van der Waals surface area contributed by atoms with Crippen molar-refractivity contribution in [1.82, 2.24) is 4.90 Å². The fourth-order valence-corrected chi connectivity index (χ4v) is 1.72. The van der Waals surface area contributed by atoms with Gasteiger partial charge in [-0.2, -0.15) is 0 Å². The smallest absolute Gasteiger partial charge is 0.254 e. The van der Waals surface area contributed by atoms with Gasteiger partial charge in [0.15, 0.2) is 0 Å². The van der Waals surface area contributed by atoms with E-state index in [-0.39, 0.29) is 30.3 Å². The fourth-order valence-electron chi connectivity index (χ4n) is 1.72. The van der Waals surface area contributed by atoms with Crippen molar-refractivity contribution in [2.24, 2.45) is 10.9 Å². The minimum absolute atomic E-state index is 0.0281. The predicted octanol–water partition coefficient (Wildman–Crippen LogP) is 1.36. The lowest BCUT2D eigenvalue weighted by atomic mass is 10.1. The van der Waals surface area contributed by atoms with Gasteiger partial charge < -0.3 is 20.6 Å². The van der Waals surface area contributed by atoms with Crippen molar-refractivity contribution in [3.8, 4) is 0 Å². The number of halogens is 1. The fraction of sp³-hybridized carbons (Fsp3) is 0.429. The Bertz CT molecular complexity index is 520. The Morgan fingerprint density at radius 3 is 2.76 bits per heavy atom. The van der Waals surface area contributed by atoms with E-state index in [1.807, 2.05) is 0 Å². The first-order valence-electron chi connectivity index (χ1n) is 6.50. The molecule has 0 aromatic heterocycles. The molecule has 0 heterocycles. The molecule has 1 aromatic carbocycles. The molecule has 0 atom stereocenters. The third-order valence-electron chi connectivity index (χ3n) is 3.04. The zero-order chi connectivity index (χ0) is 15.8. The Balaban J connectivity index is 2.84. The molecule has 0 saturated carbocycles. The van der Waals surface area contributed by atoms with E-state index in [1.54, 1.807) is 19.1 Å². The number of nitrogens with zero attached hydrogens (tertiary/aromatic N) is 2. The number of amides is 1. The lowest BCUT2D eigenvalue weighted by molar-refractivity contribution is 0.0700. The largest absolute Gasteiger partial charge is 0.409 e. The lowest BCUT2D eigenvalue weighted by Crippen LogP contribution is -2.36. The van der Waals surface area contributed by atoms with E-state index in [2.05, 4.69) is 5.16 Å². The highest BCUT2D eigenvalue weighted by Gasteiger charge is 2.17. The maximum Gasteiger partial charge on any atom is 0.254 e. The highest BCUT2D eigenvalue weighted by molar-refractivity contribution is 5.94. The van der Waals surface area contributed by atoms with E-state index in [1.165, 1.54) is 18.1 Å². The molecule has 0 aliphatic heterocycles. The number of carbonyl (C=O) groups excluding carboxylic acids is 1. The van der Waals surface area contributed by atoms with Gasteiger partial charge in [-0.15, -0.1) is 0 Å². The summed E-state index contributed by atoms with van der Waals surface area (Å²) >= 11 is 0. The number of carbonyl (C=O) groups is 1. The van der Waals surface area contributed by atoms with E-state index >= 15 is 0 Å². The Morgan fingerprint density at radius 2 is 2.19 bits per heavy atom. The number of hydrogen-bond donors (Lipinski definition) is 2. The molecule has 0 aliphatic carbocycles. The number of aryl methyl sites for hydroxylation is 1. The number of oxime groups is 1. The van der Waals surface area contributed by atoms with Crippen LogP contribution in [-0.2, 0) is 4.74 Å². The second-order valence-electron chi connectivity index (χ2n) is 4.59. The number of hydrogen-bond acceptors (Lipinski definition) is 4. The third kappa shape index (κ3) is 5.03. The van der Waals surface area contributed by atoms with Crippen molar-refractivity contribution in [2.75, 3.05) is 26.8 Å². The molecule has 0 spiro atoms. The van der Waals surface area contributed by atoms with Gasteiger partial charge >= 0.3 is 0 Å². The Hall–Kier alpha value is -2.15. The maximum absolute atomic E-state index is 13.6. The molecular weight excluding hydrogens is 277 g/mol. The van der Waals surface area contributed by atoms with Crippen LogP contribution < -0.4 is 5.73 Å². The van der Waals surface area contributed by atoms with Gasteiger partial charge in [0.05, 0.1) is 6.61 Å². The summed E-state index contributed by atoms with van der Waals surface area (Å²) in [7, 11) is 1.53. The highest BCUT2D eigenvalue weighted by Crippen LogP contribution is 2.12. The number of amidine groups is 1. The van der Waals surface area contributed by atoms with Gasteiger partial charge in [-0.25, -0.2) is 4.39 Å². The predicted molar refractivity (Wildman–Crippen MR) is 76.9 cm³/mol. The molecular formula is C14H20FN3O3. The van der Waals surface area contributed by atoms with Gasteiger partial charge in [-0.3, -0.25) is 4.79 Å². The molecule has 6 nitrogen and oxygen atoms in total. The standard InChI is InChI=1S/C14H20FN3O3/c1-10-3-4-11(9-12(10)15)14(19)18(7-8-21-2)6-5-13(16)17-20/h3-4,9,20H,5-8H2,1-2H3,(H2,16,17). The summed E-state index contributed by atoms with van der Waals surface area (Å²) in [6.07, 6.45) is 0.223. The summed E-state index contributed by atoms with van der Waals surface area (Å²) < 4.78 is 18.5. The van der Waals surface area contributed by atoms with E-state index in [9.17, 15) is 9.18 Å². The molecule has 3 N–H and O–H groups in total. The SMILES string of the molecule is COCCN(CCC(N)=NO)C(=O)c1ccc(C)c(F)c1. The summed E-state index contributed by atoms with van der Waals surface area (Å²) in [5.41, 5.74) is 6.14. The summed E-state index contributed by atoms with van der Waals surface area (Å²) in [5, 5.41) is 11.4. The van der Waals surface area contributed by atoms with Crippen LogP contribution >= 0.6 is 0 Å². The van der Waals surface area contributed by atoms with Gasteiger partial charge in [0.1, 0.15) is 11.7 Å². The van der Waals surface area contributed by atoms with Crippen LogP contribution in [0.25, 0.3) is 0 Å². The molecule has 21 heavy (non-hydrogen) atoms. The van der Waals surface area contributed by atoms with Crippen molar-refractivity contribution >= 4 is 11.7 Å². The molecule has 0 fully saturated rings. The summed E-state index contributed by atoms with van der Waals surface area (Å²) in [6.45, 7) is 2.57. The molecule has 1 rings (SSSR count). The molecule has 7 heteroatoms. The Kier molecular flexibility index (Phi) is 6.61. The van der Waals surface area contributed by atoms with Crippen LogP contribution in [0.2, 0.25) is 0 Å². The van der Waals surface area contributed by atoms with E-state index < -0.39 is 5.82 Å². The minimum atomic E-state index is -0.427. The zero-order valence-corrected chi connectivity index (χ0v) is 12.2. The van der Waals surface area contributed by atoms with E-state index in [0.717, 1.165) is 0 Å². The molecule has 0 aliphatic rings. The third-order valence-corrected chi connectivity index (χ3v) is 3.04. The first-order valence-corrected chi connectivity index (χ1v) is 6.50. The number of rotatable bonds is 7. The minimum Gasteiger partial charge on any atom is -0.409 e. The molecule has 0 bridgehead atoms. The van der Waals surface area contributed by atoms with Crippen LogP contribution in [0.5, 0.6) is 0 Å². The Morgan fingerprint density at radius 1 is 1.48 bits per heavy atom. The molecule has 0 radical (unpaired) electrons. The number of nitrogens with two attached hydrogens (primary N) is 1. The highest BCUT2D eigenvalue weighted by atomic mass is 19.1. The van der Waals surface area contributed by atoms with Crippen molar-refractivity contribution in [2.45, 2.75) is 13.3 Å². The quantitative estimate of drug-likeness (QED) is 0.344. The average Bonchev–Trinajstić information content (AvgIpc) is 2.49. The van der Waals surface area contributed by atoms with Gasteiger partial charge in [0.25, 0.3) is 5.91 Å². The zero-order valence-electron chi connectivity index (χ0n) is 12.2. The van der Waals surface area contributed by atoms with Crippen LogP contribution in [0.1, 0.15) is 22.3 Å². The topological polar surface area (TPSA) is 88.2 Å². The molecule has 116 valence electrons. The number of methoxy groups -OCH3 is 1. The number of benzene rings is 1. The van der Waals surface area contributed by atoms with Crippen molar-refractivity contribution in [1.29, 1.82) is 0 Å². The van der Waals surface area contributed by atoms with Crippen LogP contribution in [0.4, 0.5) is 4.39 Å². The normalized spacial score (nSPS) is 11.5. The van der Waals surface area contributed by atoms with E-state index in [4.69, 9.17) is 15.7 Å². The lowest BCUT2D eigenvalue weighted by Gasteiger charge is -2.22. The van der Waals surface area contributed by atoms with Crippen molar-refractivity contribution in [3.63, 3.8) is 0 Å². The van der Waals surface area contributed by atoms with Gasteiger partial charge in [0, 0.05) is 32.2 Å². The van der Waals surface area contributed by atoms with Gasteiger partial charge in [0.2, 0.25) is 0 Å². The second kappa shape index (κ2) is 8.21. The summed E-state index contributed by atoms with van der Waals surface area (Å²) in [6, 6.07) is 4.34. The van der Waals surface area contributed by atoms with Crippen molar-refractivity contribution < 1.29 is 19.1 Å². The number of ether oxygens (including phenoxy) is 1. The van der Waals surface area contributed by atoms with Crippen LogP contribution in [0.15, 0.2) is 23.4 Å².